The summed E-state index contributed by atoms with van der Waals surface area (Å²) in [6, 6.07) is 0. The molecule has 0 aromatic carbocycles. The molecule has 0 spiro atoms. The lowest BCUT2D eigenvalue weighted by Crippen LogP contribution is -2.57. The molecule has 20 heavy (non-hydrogen) atoms. The molecule has 2 atom stereocenters. The third-order valence-corrected chi connectivity index (χ3v) is 6.28. The van der Waals surface area contributed by atoms with Gasteiger partial charge in [-0.25, -0.2) is 0 Å². The second-order valence-corrected chi connectivity index (χ2v) is 8.64. The molecule has 4 fully saturated rings. The van der Waals surface area contributed by atoms with Gasteiger partial charge in [0.2, 0.25) is 0 Å². The number of hydrogen-bond acceptors (Lipinski definition) is 3. The Morgan fingerprint density at radius 2 is 1.80 bits per heavy atom. The second kappa shape index (κ2) is 3.61. The molecule has 1 aromatic rings. The van der Waals surface area contributed by atoms with Gasteiger partial charge in [0.15, 0.2) is 5.82 Å². The smallest absolute Gasteiger partial charge is 0.170 e. The molecule has 3 heteroatoms. The molecule has 3 nitrogen and oxygen atoms in total. The van der Waals surface area contributed by atoms with Gasteiger partial charge in [0.1, 0.15) is 5.76 Å². The van der Waals surface area contributed by atoms with Crippen LogP contribution >= 0.6 is 0 Å². The maximum atomic E-state index is 6.03. The van der Waals surface area contributed by atoms with E-state index < -0.39 is 0 Å². The van der Waals surface area contributed by atoms with E-state index in [0.29, 0.717) is 16.6 Å². The van der Waals surface area contributed by atoms with E-state index in [4.69, 9.17) is 10.3 Å². The van der Waals surface area contributed by atoms with E-state index in [1.165, 1.54) is 44.1 Å². The van der Waals surface area contributed by atoms with Gasteiger partial charge in [0, 0.05) is 11.0 Å². The van der Waals surface area contributed by atoms with Crippen molar-refractivity contribution in [3.63, 3.8) is 0 Å². The van der Waals surface area contributed by atoms with Crippen molar-refractivity contribution < 1.29 is 4.52 Å². The largest absolute Gasteiger partial charge is 0.381 e. The van der Waals surface area contributed by atoms with Gasteiger partial charge in [-0.1, -0.05) is 25.9 Å². The average molecular weight is 274 g/mol. The van der Waals surface area contributed by atoms with E-state index in [1.54, 1.807) is 0 Å². The van der Waals surface area contributed by atoms with Crippen molar-refractivity contribution in [2.75, 3.05) is 5.73 Å². The number of rotatable bonds is 2. The lowest BCUT2D eigenvalue weighted by molar-refractivity contribution is -0.117. The topological polar surface area (TPSA) is 52.0 Å². The number of aromatic nitrogens is 1. The normalized spacial score (nSPS) is 46.0. The summed E-state index contributed by atoms with van der Waals surface area (Å²) in [5.41, 5.74) is 8.43. The van der Waals surface area contributed by atoms with Crippen molar-refractivity contribution in [2.45, 2.75) is 71.1 Å². The Morgan fingerprint density at radius 1 is 1.15 bits per heavy atom. The van der Waals surface area contributed by atoms with Gasteiger partial charge in [-0.3, -0.25) is 0 Å². The number of nitrogen functional groups attached to an aromatic ring is 1. The molecule has 1 aromatic heterocycles. The standard InChI is InChI=1S/C17H26N2O/c1-4-12-13(20-19-14(12)18)17-7-11-5-15(2,9-17)8-16(3,6-11)10-17/h11H,4-10H2,1-3H3,(H2,18,19). The first kappa shape index (κ1) is 12.7. The Balaban J connectivity index is 1.84. The molecule has 2 unspecified atom stereocenters. The van der Waals surface area contributed by atoms with E-state index >= 15 is 0 Å². The summed E-state index contributed by atoms with van der Waals surface area (Å²) in [5, 5.41) is 4.09. The molecule has 0 aliphatic heterocycles. The number of nitrogens with two attached hydrogens (primary N) is 1. The van der Waals surface area contributed by atoms with E-state index in [9.17, 15) is 0 Å². The minimum absolute atomic E-state index is 0.221. The highest BCUT2D eigenvalue weighted by Crippen LogP contribution is 2.70. The minimum atomic E-state index is 0.221. The molecule has 2 N–H and O–H groups in total. The summed E-state index contributed by atoms with van der Waals surface area (Å²) in [4.78, 5) is 0. The summed E-state index contributed by atoms with van der Waals surface area (Å²) < 4.78 is 5.79. The first-order valence-corrected chi connectivity index (χ1v) is 8.12. The highest BCUT2D eigenvalue weighted by Gasteiger charge is 2.62. The monoisotopic (exact) mass is 274 g/mol. The third kappa shape index (κ3) is 1.55. The molecule has 4 aliphatic rings. The summed E-state index contributed by atoms with van der Waals surface area (Å²) in [7, 11) is 0. The Hall–Kier alpha value is -0.990. The zero-order chi connectivity index (χ0) is 14.2. The average Bonchev–Trinajstić information content (AvgIpc) is 2.66. The van der Waals surface area contributed by atoms with Crippen LogP contribution in [0.5, 0.6) is 0 Å². The summed E-state index contributed by atoms with van der Waals surface area (Å²) in [5.74, 6) is 2.63. The summed E-state index contributed by atoms with van der Waals surface area (Å²) in [6.45, 7) is 7.15. The molecule has 0 amide bonds. The molecule has 0 radical (unpaired) electrons. The third-order valence-electron chi connectivity index (χ3n) is 6.28. The number of anilines is 1. The Kier molecular flexibility index (Phi) is 2.30. The van der Waals surface area contributed by atoms with Gasteiger partial charge >= 0.3 is 0 Å². The fourth-order valence-electron chi connectivity index (χ4n) is 6.78. The van der Waals surface area contributed by atoms with Crippen LogP contribution in [0.1, 0.15) is 70.6 Å². The summed E-state index contributed by atoms with van der Waals surface area (Å²) in [6.07, 6.45) is 8.99. The van der Waals surface area contributed by atoms with Crippen LogP contribution in [0.25, 0.3) is 0 Å². The van der Waals surface area contributed by atoms with Gasteiger partial charge in [-0.15, -0.1) is 0 Å². The molecule has 110 valence electrons. The van der Waals surface area contributed by atoms with Crippen LogP contribution in [-0.2, 0) is 11.8 Å². The van der Waals surface area contributed by atoms with Crippen molar-refractivity contribution in [1.29, 1.82) is 0 Å². The second-order valence-electron chi connectivity index (χ2n) is 8.64. The molecule has 4 aliphatic carbocycles. The fourth-order valence-corrected chi connectivity index (χ4v) is 6.78. The molecule has 0 saturated heterocycles. The lowest BCUT2D eigenvalue weighted by Gasteiger charge is -2.64. The van der Waals surface area contributed by atoms with Gasteiger partial charge in [0.05, 0.1) is 0 Å². The quantitative estimate of drug-likeness (QED) is 0.884. The predicted octanol–water partition coefficient (Wildman–Crippen LogP) is 4.07. The Labute approximate surface area is 121 Å². The highest BCUT2D eigenvalue weighted by atomic mass is 16.5. The van der Waals surface area contributed by atoms with E-state index in [2.05, 4.69) is 25.9 Å². The molecule has 5 rings (SSSR count). The number of hydrogen-bond donors (Lipinski definition) is 1. The van der Waals surface area contributed by atoms with Gasteiger partial charge in [0.25, 0.3) is 0 Å². The molecular weight excluding hydrogens is 248 g/mol. The van der Waals surface area contributed by atoms with Crippen LogP contribution in [0, 0.1) is 16.7 Å². The van der Waals surface area contributed by atoms with Crippen LogP contribution in [0.15, 0.2) is 4.52 Å². The van der Waals surface area contributed by atoms with Crippen molar-refractivity contribution in [1.82, 2.24) is 5.16 Å². The molecule has 1 heterocycles. The maximum absolute atomic E-state index is 6.03. The highest BCUT2D eigenvalue weighted by molar-refractivity contribution is 5.44. The number of nitrogens with zero attached hydrogens (tertiary/aromatic N) is 1. The molecule has 4 bridgehead atoms. The fraction of sp³-hybridized carbons (Fsp3) is 0.824. The van der Waals surface area contributed by atoms with E-state index in [1.807, 2.05) is 0 Å². The Bertz CT molecular complexity index is 543. The first-order valence-electron chi connectivity index (χ1n) is 8.12. The van der Waals surface area contributed by atoms with Crippen molar-refractivity contribution in [3.8, 4) is 0 Å². The SMILES string of the molecule is CCc1c(N)noc1C12CC3CC(C)(CC(C)(C3)C1)C2. The predicted molar refractivity (Wildman–Crippen MR) is 79.4 cm³/mol. The van der Waals surface area contributed by atoms with Gasteiger partial charge in [-0.05, 0) is 61.7 Å². The van der Waals surface area contributed by atoms with E-state index in [-0.39, 0.29) is 5.41 Å². The van der Waals surface area contributed by atoms with Crippen LogP contribution in [-0.4, -0.2) is 5.16 Å². The van der Waals surface area contributed by atoms with Crippen molar-refractivity contribution >= 4 is 5.82 Å². The van der Waals surface area contributed by atoms with Crippen molar-refractivity contribution in [2.24, 2.45) is 16.7 Å². The maximum Gasteiger partial charge on any atom is 0.170 e. The van der Waals surface area contributed by atoms with Crippen LogP contribution in [0.2, 0.25) is 0 Å². The zero-order valence-corrected chi connectivity index (χ0v) is 13.0. The Morgan fingerprint density at radius 3 is 2.35 bits per heavy atom. The summed E-state index contributed by atoms with van der Waals surface area (Å²) >= 11 is 0. The van der Waals surface area contributed by atoms with E-state index in [0.717, 1.165) is 18.1 Å². The molecular formula is C17H26N2O. The lowest BCUT2D eigenvalue weighted by atomic mass is 9.40. The van der Waals surface area contributed by atoms with Gasteiger partial charge in [-0.2, -0.15) is 0 Å². The molecule has 4 saturated carbocycles. The van der Waals surface area contributed by atoms with Crippen LogP contribution in [0.3, 0.4) is 0 Å². The van der Waals surface area contributed by atoms with Gasteiger partial charge < -0.3 is 10.3 Å². The van der Waals surface area contributed by atoms with Crippen LogP contribution < -0.4 is 5.73 Å². The zero-order valence-electron chi connectivity index (χ0n) is 13.0. The van der Waals surface area contributed by atoms with Crippen LogP contribution in [0.4, 0.5) is 5.82 Å². The minimum Gasteiger partial charge on any atom is -0.381 e. The first-order chi connectivity index (χ1) is 9.37. The van der Waals surface area contributed by atoms with Crippen molar-refractivity contribution in [3.05, 3.63) is 11.3 Å².